The molecule has 1 aliphatic heterocycles. The van der Waals surface area contributed by atoms with Crippen molar-refractivity contribution in [2.75, 3.05) is 19.4 Å². The van der Waals surface area contributed by atoms with Crippen LogP contribution in [0.3, 0.4) is 0 Å². The molecule has 0 saturated carbocycles. The average Bonchev–Trinajstić information content (AvgIpc) is 2.67. The standard InChI is InChI=1S/C21H22N2O2S/c1-16-9-11-19(25-2)18(15-16)22-21-23(13-6-14-26-21)20(24)12-10-17-7-4-3-5-8-17/h3-5,7-12,15H,6,13-14H2,1-2H3/b12-10+,22-21?. The van der Waals surface area contributed by atoms with Crippen LogP contribution in [0.15, 0.2) is 59.6 Å². The van der Waals surface area contributed by atoms with Gasteiger partial charge < -0.3 is 4.74 Å². The Morgan fingerprint density at radius 3 is 2.81 bits per heavy atom. The van der Waals surface area contributed by atoms with E-state index in [1.54, 1.807) is 29.8 Å². The van der Waals surface area contributed by atoms with Crippen LogP contribution in [0.5, 0.6) is 5.75 Å². The van der Waals surface area contributed by atoms with Gasteiger partial charge in [0, 0.05) is 18.4 Å². The highest BCUT2D eigenvalue weighted by Gasteiger charge is 2.22. The van der Waals surface area contributed by atoms with Crippen molar-refractivity contribution in [2.45, 2.75) is 13.3 Å². The maximum Gasteiger partial charge on any atom is 0.252 e. The van der Waals surface area contributed by atoms with Gasteiger partial charge in [0.25, 0.3) is 5.91 Å². The maximum atomic E-state index is 12.7. The molecule has 0 bridgehead atoms. The first-order chi connectivity index (χ1) is 12.7. The molecule has 0 aliphatic carbocycles. The number of hydrogen-bond acceptors (Lipinski definition) is 4. The van der Waals surface area contributed by atoms with Crippen LogP contribution in [-0.4, -0.2) is 35.4 Å². The van der Waals surface area contributed by atoms with Crippen LogP contribution < -0.4 is 4.74 Å². The molecule has 1 aliphatic rings. The van der Waals surface area contributed by atoms with Crippen LogP contribution in [0, 0.1) is 6.92 Å². The van der Waals surface area contributed by atoms with Crippen LogP contribution in [0.2, 0.25) is 0 Å². The Kier molecular flexibility index (Phi) is 6.12. The van der Waals surface area contributed by atoms with Gasteiger partial charge in [-0.15, -0.1) is 0 Å². The molecule has 1 fully saturated rings. The lowest BCUT2D eigenvalue weighted by Crippen LogP contribution is -2.38. The van der Waals surface area contributed by atoms with E-state index in [0.29, 0.717) is 12.3 Å². The maximum absolute atomic E-state index is 12.7. The highest BCUT2D eigenvalue weighted by atomic mass is 32.2. The summed E-state index contributed by atoms with van der Waals surface area (Å²) < 4.78 is 5.41. The number of methoxy groups -OCH3 is 1. The van der Waals surface area contributed by atoms with E-state index < -0.39 is 0 Å². The second-order valence-electron chi connectivity index (χ2n) is 6.01. The molecule has 0 radical (unpaired) electrons. The largest absolute Gasteiger partial charge is 0.494 e. The third kappa shape index (κ3) is 4.55. The minimum absolute atomic E-state index is 0.0496. The Balaban J connectivity index is 1.85. The minimum Gasteiger partial charge on any atom is -0.494 e. The predicted octanol–water partition coefficient (Wildman–Crippen LogP) is 4.67. The number of thioether (sulfide) groups is 1. The van der Waals surface area contributed by atoms with Gasteiger partial charge in [-0.1, -0.05) is 48.2 Å². The molecule has 1 amide bonds. The van der Waals surface area contributed by atoms with E-state index in [4.69, 9.17) is 9.73 Å². The molecule has 0 N–H and O–H groups in total. The summed E-state index contributed by atoms with van der Waals surface area (Å²) in [4.78, 5) is 19.2. The lowest BCUT2D eigenvalue weighted by Gasteiger charge is -2.27. The first kappa shape index (κ1) is 18.3. The number of amides is 1. The van der Waals surface area contributed by atoms with Crippen LogP contribution >= 0.6 is 11.8 Å². The summed E-state index contributed by atoms with van der Waals surface area (Å²) in [5.74, 6) is 1.62. The molecule has 4 nitrogen and oxygen atoms in total. The van der Waals surface area contributed by atoms with Gasteiger partial charge in [-0.25, -0.2) is 4.99 Å². The summed E-state index contributed by atoms with van der Waals surface area (Å²) in [6, 6.07) is 15.7. The van der Waals surface area contributed by atoms with E-state index in [1.807, 2.05) is 61.5 Å². The topological polar surface area (TPSA) is 41.9 Å². The fourth-order valence-electron chi connectivity index (χ4n) is 2.67. The Labute approximate surface area is 158 Å². The number of benzene rings is 2. The molecule has 26 heavy (non-hydrogen) atoms. The van der Waals surface area contributed by atoms with Crippen molar-refractivity contribution < 1.29 is 9.53 Å². The molecule has 134 valence electrons. The molecule has 0 atom stereocenters. The van der Waals surface area contributed by atoms with Gasteiger partial charge in [0.15, 0.2) is 5.17 Å². The van der Waals surface area contributed by atoms with Gasteiger partial charge in [0.2, 0.25) is 0 Å². The molecular weight excluding hydrogens is 344 g/mol. The molecular formula is C21H22N2O2S. The Morgan fingerprint density at radius 2 is 2.04 bits per heavy atom. The van der Waals surface area contributed by atoms with Crippen molar-refractivity contribution in [3.63, 3.8) is 0 Å². The quantitative estimate of drug-likeness (QED) is 0.739. The van der Waals surface area contributed by atoms with E-state index in [-0.39, 0.29) is 5.91 Å². The highest BCUT2D eigenvalue weighted by molar-refractivity contribution is 8.13. The number of carbonyl (C=O) groups excluding carboxylic acids is 1. The monoisotopic (exact) mass is 366 g/mol. The number of aryl methyl sites for hydroxylation is 1. The molecule has 2 aromatic rings. The first-order valence-electron chi connectivity index (χ1n) is 8.58. The second kappa shape index (κ2) is 8.72. The number of amidine groups is 1. The van der Waals surface area contributed by atoms with Crippen molar-refractivity contribution >= 4 is 34.6 Å². The Hall–Kier alpha value is -2.53. The summed E-state index contributed by atoms with van der Waals surface area (Å²) in [6.45, 7) is 2.70. The van der Waals surface area contributed by atoms with Gasteiger partial charge in [0.05, 0.1) is 7.11 Å². The molecule has 1 heterocycles. The Bertz CT molecular complexity index is 831. The van der Waals surface area contributed by atoms with Gasteiger partial charge >= 0.3 is 0 Å². The van der Waals surface area contributed by atoms with E-state index in [2.05, 4.69) is 0 Å². The van der Waals surface area contributed by atoms with Gasteiger partial charge in [0.1, 0.15) is 11.4 Å². The number of ether oxygens (including phenoxy) is 1. The molecule has 0 spiro atoms. The van der Waals surface area contributed by atoms with Crippen molar-refractivity contribution in [1.82, 2.24) is 4.90 Å². The van der Waals surface area contributed by atoms with Gasteiger partial charge in [-0.05, 0) is 42.7 Å². The lowest BCUT2D eigenvalue weighted by atomic mass is 10.2. The van der Waals surface area contributed by atoms with Crippen molar-refractivity contribution in [2.24, 2.45) is 4.99 Å². The fraction of sp³-hybridized carbons (Fsp3) is 0.238. The average molecular weight is 366 g/mol. The number of rotatable bonds is 4. The van der Waals surface area contributed by atoms with E-state index in [1.165, 1.54) is 0 Å². The van der Waals surface area contributed by atoms with E-state index >= 15 is 0 Å². The highest BCUT2D eigenvalue weighted by Crippen LogP contribution is 2.31. The molecule has 1 saturated heterocycles. The fourth-order valence-corrected chi connectivity index (χ4v) is 3.62. The number of aliphatic imine (C=N–C) groups is 1. The molecule has 0 unspecified atom stereocenters. The van der Waals surface area contributed by atoms with Crippen LogP contribution in [0.1, 0.15) is 17.5 Å². The second-order valence-corrected chi connectivity index (χ2v) is 7.07. The van der Waals surface area contributed by atoms with Gasteiger partial charge in [-0.2, -0.15) is 0 Å². The zero-order chi connectivity index (χ0) is 18.4. The van der Waals surface area contributed by atoms with Crippen LogP contribution in [0.4, 0.5) is 5.69 Å². The SMILES string of the molecule is COc1ccc(C)cc1N=C1SCCCN1C(=O)/C=C/c1ccccc1. The van der Waals surface area contributed by atoms with Crippen LogP contribution in [-0.2, 0) is 4.79 Å². The zero-order valence-electron chi connectivity index (χ0n) is 15.0. The molecule has 5 heteroatoms. The summed E-state index contributed by atoms with van der Waals surface area (Å²) in [5.41, 5.74) is 2.86. The normalized spacial score (nSPS) is 16.2. The summed E-state index contributed by atoms with van der Waals surface area (Å²) in [6.07, 6.45) is 4.41. The summed E-state index contributed by atoms with van der Waals surface area (Å²) >= 11 is 1.61. The number of carbonyl (C=O) groups is 1. The van der Waals surface area contributed by atoms with E-state index in [9.17, 15) is 4.79 Å². The predicted molar refractivity (Wildman–Crippen MR) is 109 cm³/mol. The Morgan fingerprint density at radius 1 is 1.23 bits per heavy atom. The van der Waals surface area contributed by atoms with Crippen molar-refractivity contribution in [3.05, 3.63) is 65.7 Å². The van der Waals surface area contributed by atoms with E-state index in [0.717, 1.165) is 34.2 Å². The van der Waals surface area contributed by atoms with Crippen LogP contribution in [0.25, 0.3) is 6.08 Å². The zero-order valence-corrected chi connectivity index (χ0v) is 15.8. The van der Waals surface area contributed by atoms with Gasteiger partial charge in [-0.3, -0.25) is 9.69 Å². The summed E-state index contributed by atoms with van der Waals surface area (Å²) in [5, 5.41) is 0.725. The smallest absolute Gasteiger partial charge is 0.252 e. The number of hydrogen-bond donors (Lipinski definition) is 0. The van der Waals surface area contributed by atoms with Crippen molar-refractivity contribution in [3.8, 4) is 5.75 Å². The van der Waals surface area contributed by atoms with Crippen molar-refractivity contribution in [1.29, 1.82) is 0 Å². The lowest BCUT2D eigenvalue weighted by molar-refractivity contribution is -0.122. The minimum atomic E-state index is -0.0496. The molecule has 2 aromatic carbocycles. The summed E-state index contributed by atoms with van der Waals surface area (Å²) in [7, 11) is 1.63. The third-order valence-electron chi connectivity index (χ3n) is 4.02. The third-order valence-corrected chi connectivity index (χ3v) is 5.09. The molecule has 3 rings (SSSR count). The first-order valence-corrected chi connectivity index (χ1v) is 9.56. The molecule has 0 aromatic heterocycles. The number of nitrogens with zero attached hydrogens (tertiary/aromatic N) is 2.